The van der Waals surface area contributed by atoms with Crippen LogP contribution < -0.4 is 11.1 Å². The van der Waals surface area contributed by atoms with Crippen LogP contribution in [0.15, 0.2) is 24.3 Å². The van der Waals surface area contributed by atoms with Gasteiger partial charge in [0, 0.05) is 5.69 Å². The highest BCUT2D eigenvalue weighted by atomic mass is 15.2. The number of hydrogen-bond donors (Lipinski definition) is 2. The number of aryl methyl sites for hydroxylation is 2. The van der Waals surface area contributed by atoms with Crippen LogP contribution in [0.25, 0.3) is 0 Å². The third-order valence-corrected chi connectivity index (χ3v) is 3.27. The van der Waals surface area contributed by atoms with Gasteiger partial charge in [0.05, 0.1) is 17.4 Å². The van der Waals surface area contributed by atoms with Crippen molar-refractivity contribution < 1.29 is 0 Å². The minimum atomic E-state index is 0.0810. The molecule has 2 rings (SSSR count). The first-order valence-electron chi connectivity index (χ1n) is 6.98. The lowest BCUT2D eigenvalue weighted by molar-refractivity contribution is 0.790. The molecule has 20 heavy (non-hydrogen) atoms. The van der Waals surface area contributed by atoms with E-state index in [1.54, 1.807) is 0 Å². The van der Waals surface area contributed by atoms with E-state index in [1.165, 1.54) is 0 Å². The summed E-state index contributed by atoms with van der Waals surface area (Å²) < 4.78 is 0. The Balaban J connectivity index is 2.17. The van der Waals surface area contributed by atoms with Gasteiger partial charge in [0.2, 0.25) is 5.95 Å². The fourth-order valence-corrected chi connectivity index (χ4v) is 2.10. The van der Waals surface area contributed by atoms with Gasteiger partial charge in [0.1, 0.15) is 0 Å². The van der Waals surface area contributed by atoms with Crippen molar-refractivity contribution in [1.29, 1.82) is 0 Å². The molecule has 1 atom stereocenters. The molecular weight excluding hydrogens is 250 g/mol. The van der Waals surface area contributed by atoms with Gasteiger partial charge in [-0.05, 0) is 37.5 Å². The van der Waals surface area contributed by atoms with E-state index in [1.807, 2.05) is 24.3 Å². The smallest absolute Gasteiger partial charge is 0.243 e. The molecule has 0 bridgehead atoms. The number of nitrogens with one attached hydrogen (secondary N) is 1. The molecule has 0 saturated carbocycles. The summed E-state index contributed by atoms with van der Waals surface area (Å²) >= 11 is 0. The number of nitrogens with two attached hydrogens (primary N) is 1. The number of benzene rings is 1. The zero-order valence-electron chi connectivity index (χ0n) is 12.2. The Morgan fingerprint density at radius 3 is 2.55 bits per heavy atom. The Morgan fingerprint density at radius 1 is 1.15 bits per heavy atom. The molecule has 0 radical (unpaired) electrons. The highest BCUT2D eigenvalue weighted by Crippen LogP contribution is 2.19. The zero-order chi connectivity index (χ0) is 14.5. The molecule has 0 aliphatic rings. The fraction of sp³-hybridized carbons (Fsp3) is 0.400. The van der Waals surface area contributed by atoms with E-state index in [4.69, 9.17) is 5.73 Å². The van der Waals surface area contributed by atoms with Gasteiger partial charge in [0.25, 0.3) is 0 Å². The molecule has 0 spiro atoms. The van der Waals surface area contributed by atoms with E-state index in [0.717, 1.165) is 35.5 Å². The number of nitrogen functional groups attached to an aromatic ring is 1. The van der Waals surface area contributed by atoms with Gasteiger partial charge in [-0.15, -0.1) is 5.10 Å². The van der Waals surface area contributed by atoms with E-state index in [9.17, 15) is 0 Å². The Kier molecular flexibility index (Phi) is 4.50. The van der Waals surface area contributed by atoms with Gasteiger partial charge in [-0.3, -0.25) is 0 Å². The van der Waals surface area contributed by atoms with Crippen LogP contribution >= 0.6 is 0 Å². The lowest BCUT2D eigenvalue weighted by atomic mass is 10.1. The predicted octanol–water partition coefficient (Wildman–Crippen LogP) is 2.75. The van der Waals surface area contributed by atoms with Gasteiger partial charge < -0.3 is 11.1 Å². The summed E-state index contributed by atoms with van der Waals surface area (Å²) in [5.74, 6) is 0.564. The van der Waals surface area contributed by atoms with Gasteiger partial charge in [0.15, 0.2) is 0 Å². The Bertz CT molecular complexity index is 582. The Morgan fingerprint density at radius 2 is 1.90 bits per heavy atom. The zero-order valence-corrected chi connectivity index (χ0v) is 12.2. The number of hydrogen-bond acceptors (Lipinski definition) is 5. The quantitative estimate of drug-likeness (QED) is 0.818. The average Bonchev–Trinajstić information content (AvgIpc) is 2.47. The van der Waals surface area contributed by atoms with Crippen LogP contribution in [0, 0.1) is 0 Å². The second kappa shape index (κ2) is 6.32. The third kappa shape index (κ3) is 3.23. The molecule has 3 N–H and O–H groups in total. The molecule has 0 amide bonds. The maximum atomic E-state index is 5.80. The van der Waals surface area contributed by atoms with Crippen LogP contribution in [-0.2, 0) is 12.8 Å². The summed E-state index contributed by atoms with van der Waals surface area (Å²) in [5, 5.41) is 11.6. The van der Waals surface area contributed by atoms with Crippen LogP contribution in [0.4, 0.5) is 11.6 Å². The first-order valence-corrected chi connectivity index (χ1v) is 6.98. The van der Waals surface area contributed by atoms with Gasteiger partial charge in [-0.25, -0.2) is 4.98 Å². The second-order valence-electron chi connectivity index (χ2n) is 4.77. The first kappa shape index (κ1) is 14.2. The van der Waals surface area contributed by atoms with Crippen molar-refractivity contribution in [3.8, 4) is 0 Å². The van der Waals surface area contributed by atoms with Crippen molar-refractivity contribution in [2.75, 3.05) is 11.1 Å². The Hall–Kier alpha value is -2.17. The molecule has 106 valence electrons. The molecular formula is C15H21N5. The van der Waals surface area contributed by atoms with Crippen LogP contribution in [0.3, 0.4) is 0 Å². The largest absolute Gasteiger partial charge is 0.399 e. The lowest BCUT2D eigenvalue weighted by Crippen LogP contribution is -2.13. The number of rotatable bonds is 5. The van der Waals surface area contributed by atoms with E-state index < -0.39 is 0 Å². The van der Waals surface area contributed by atoms with Crippen LogP contribution in [0.5, 0.6) is 0 Å². The lowest BCUT2D eigenvalue weighted by Gasteiger charge is -2.15. The van der Waals surface area contributed by atoms with E-state index in [2.05, 4.69) is 41.3 Å². The van der Waals surface area contributed by atoms with Crippen molar-refractivity contribution in [2.24, 2.45) is 0 Å². The molecule has 0 aliphatic carbocycles. The molecule has 1 heterocycles. The minimum absolute atomic E-state index is 0.0810. The summed E-state index contributed by atoms with van der Waals surface area (Å²) in [6.45, 7) is 6.19. The van der Waals surface area contributed by atoms with E-state index in [0.29, 0.717) is 5.95 Å². The molecule has 0 saturated heterocycles. The van der Waals surface area contributed by atoms with Crippen molar-refractivity contribution in [1.82, 2.24) is 15.2 Å². The first-order chi connectivity index (χ1) is 9.63. The number of aromatic nitrogens is 3. The fourth-order valence-electron chi connectivity index (χ4n) is 2.10. The molecule has 2 aromatic rings. The third-order valence-electron chi connectivity index (χ3n) is 3.27. The normalized spacial score (nSPS) is 12.2. The molecule has 5 heteroatoms. The highest BCUT2D eigenvalue weighted by molar-refractivity contribution is 5.43. The monoisotopic (exact) mass is 271 g/mol. The molecule has 1 unspecified atom stereocenters. The molecule has 0 aliphatic heterocycles. The molecule has 1 aromatic carbocycles. The van der Waals surface area contributed by atoms with Gasteiger partial charge in [-0.2, -0.15) is 5.10 Å². The highest BCUT2D eigenvalue weighted by Gasteiger charge is 2.10. The predicted molar refractivity (Wildman–Crippen MR) is 81.5 cm³/mol. The van der Waals surface area contributed by atoms with Crippen molar-refractivity contribution >= 4 is 11.6 Å². The van der Waals surface area contributed by atoms with E-state index >= 15 is 0 Å². The average molecular weight is 271 g/mol. The van der Waals surface area contributed by atoms with E-state index in [-0.39, 0.29) is 6.04 Å². The van der Waals surface area contributed by atoms with Gasteiger partial charge >= 0.3 is 0 Å². The summed E-state index contributed by atoms with van der Waals surface area (Å²) in [5.41, 5.74) is 9.63. The van der Waals surface area contributed by atoms with Crippen molar-refractivity contribution in [3.05, 3.63) is 41.2 Å². The molecule has 0 fully saturated rings. The topological polar surface area (TPSA) is 76.7 Å². The summed E-state index contributed by atoms with van der Waals surface area (Å²) in [7, 11) is 0. The summed E-state index contributed by atoms with van der Waals surface area (Å²) in [6.07, 6.45) is 1.72. The van der Waals surface area contributed by atoms with Crippen molar-refractivity contribution in [3.63, 3.8) is 0 Å². The standard InChI is InChI=1S/C15H21N5/c1-4-13-14(5-2)19-20-15(18-13)17-10(3)11-7-6-8-12(16)9-11/h6-10H,4-5,16H2,1-3H3,(H,17,18,20). The number of anilines is 2. The SMILES string of the molecule is CCc1nnc(NC(C)c2cccc(N)c2)nc1CC. The molecule has 5 nitrogen and oxygen atoms in total. The summed E-state index contributed by atoms with van der Waals surface area (Å²) in [6, 6.07) is 7.88. The number of nitrogens with zero attached hydrogens (tertiary/aromatic N) is 3. The maximum absolute atomic E-state index is 5.80. The maximum Gasteiger partial charge on any atom is 0.243 e. The van der Waals surface area contributed by atoms with Gasteiger partial charge in [-0.1, -0.05) is 26.0 Å². The van der Waals surface area contributed by atoms with Crippen LogP contribution in [0.2, 0.25) is 0 Å². The van der Waals surface area contributed by atoms with Crippen LogP contribution in [-0.4, -0.2) is 15.2 Å². The Labute approximate surface area is 119 Å². The minimum Gasteiger partial charge on any atom is -0.399 e. The van der Waals surface area contributed by atoms with Crippen LogP contribution in [0.1, 0.15) is 43.8 Å². The van der Waals surface area contributed by atoms with Crippen molar-refractivity contribution in [2.45, 2.75) is 39.7 Å². The second-order valence-corrected chi connectivity index (χ2v) is 4.77. The molecule has 1 aromatic heterocycles. The summed E-state index contributed by atoms with van der Waals surface area (Å²) in [4.78, 5) is 4.53.